The summed E-state index contributed by atoms with van der Waals surface area (Å²) in [6.45, 7) is 0. The molecule has 0 aromatic heterocycles. The maximum Gasteiger partial charge on any atom is 0.0727 e. The lowest BCUT2D eigenvalue weighted by atomic mass is 9.70. The van der Waals surface area contributed by atoms with E-state index in [4.69, 9.17) is 0 Å². The Bertz CT molecular complexity index is 3720. The molecular weight excluding hydrogens is 893 g/mol. The van der Waals surface area contributed by atoms with Crippen LogP contribution in [0.2, 0.25) is 0 Å². The summed E-state index contributed by atoms with van der Waals surface area (Å²) in [4.78, 5) is 5.05. The Balaban J connectivity index is 0.939. The molecule has 0 saturated heterocycles. The van der Waals surface area contributed by atoms with Crippen molar-refractivity contribution in [2.75, 3.05) is 9.80 Å². The maximum absolute atomic E-state index is 2.57. The Kier molecular flexibility index (Phi) is 10.4. The summed E-state index contributed by atoms with van der Waals surface area (Å²) in [5.41, 5.74) is 22.4. The molecule has 4 atom stereocenters. The molecule has 0 heterocycles. The number of benzene rings is 10. The molecular formula is C72H60N2. The lowest BCUT2D eigenvalue weighted by Crippen LogP contribution is -2.26. The lowest BCUT2D eigenvalue weighted by Gasteiger charge is -2.34. The van der Waals surface area contributed by atoms with E-state index in [1.165, 1.54) is 158 Å². The molecule has 10 aromatic rings. The molecule has 3 saturated carbocycles. The average Bonchev–Trinajstić information content (AvgIpc) is 4.34. The Morgan fingerprint density at radius 3 is 1.47 bits per heavy atom. The maximum atomic E-state index is 2.57. The zero-order valence-electron chi connectivity index (χ0n) is 42.0. The fourth-order valence-corrected chi connectivity index (χ4v) is 15.0. The van der Waals surface area contributed by atoms with Crippen molar-refractivity contribution in [2.24, 2.45) is 11.8 Å². The van der Waals surface area contributed by atoms with Crippen LogP contribution in [-0.4, -0.2) is 0 Å². The van der Waals surface area contributed by atoms with Gasteiger partial charge in [0.1, 0.15) is 0 Å². The topological polar surface area (TPSA) is 6.48 Å². The molecule has 2 nitrogen and oxygen atoms in total. The van der Waals surface area contributed by atoms with Crippen molar-refractivity contribution in [3.05, 3.63) is 264 Å². The van der Waals surface area contributed by atoms with Gasteiger partial charge in [-0.2, -0.15) is 0 Å². The van der Waals surface area contributed by atoms with Crippen LogP contribution in [0.3, 0.4) is 0 Å². The van der Waals surface area contributed by atoms with Gasteiger partial charge in [0.05, 0.1) is 11.1 Å². The highest BCUT2D eigenvalue weighted by atomic mass is 15.1. The van der Waals surface area contributed by atoms with Gasteiger partial charge < -0.3 is 9.80 Å². The first kappa shape index (κ1) is 43.6. The predicted octanol–water partition coefficient (Wildman–Crippen LogP) is 19.7. The molecule has 5 aliphatic rings. The quantitative estimate of drug-likeness (QED) is 0.142. The second kappa shape index (κ2) is 17.6. The SMILES string of the molecule is c1ccc(-c2cc3ccccc3cc2N(c2ccc(C3CCCCC3)cc2)c2ccc3c(c2)C2(c4ccccc4-c4ccc(N(c5ccccc5)c5ccc(C6CC7CCC6C7)cc5)cc42)c2ccccc2-3)cc1. The van der Waals surface area contributed by atoms with Gasteiger partial charge in [0.25, 0.3) is 0 Å². The monoisotopic (exact) mass is 952 g/mol. The van der Waals surface area contributed by atoms with Crippen molar-refractivity contribution in [3.8, 4) is 33.4 Å². The van der Waals surface area contributed by atoms with Crippen LogP contribution in [0.25, 0.3) is 44.2 Å². The first-order chi connectivity index (χ1) is 36.7. The van der Waals surface area contributed by atoms with E-state index in [9.17, 15) is 0 Å². The van der Waals surface area contributed by atoms with Gasteiger partial charge in [0.15, 0.2) is 0 Å². The number of fused-ring (bicyclic) bond motifs is 13. The van der Waals surface area contributed by atoms with Gasteiger partial charge in [0.2, 0.25) is 0 Å². The molecule has 1 spiro atoms. The smallest absolute Gasteiger partial charge is 0.0727 e. The molecule has 4 unspecified atom stereocenters. The van der Waals surface area contributed by atoms with Crippen LogP contribution in [0.4, 0.5) is 34.1 Å². The molecule has 2 bridgehead atoms. The third-order valence-corrected chi connectivity index (χ3v) is 18.3. The number of anilines is 6. The van der Waals surface area contributed by atoms with E-state index in [1.807, 2.05) is 0 Å². The van der Waals surface area contributed by atoms with Gasteiger partial charge in [-0.1, -0.05) is 183 Å². The molecule has 15 rings (SSSR count). The molecule has 3 fully saturated rings. The van der Waals surface area contributed by atoms with Gasteiger partial charge in [-0.25, -0.2) is 0 Å². The molecule has 5 aliphatic carbocycles. The third kappa shape index (κ3) is 6.91. The van der Waals surface area contributed by atoms with Crippen LogP contribution >= 0.6 is 0 Å². The van der Waals surface area contributed by atoms with E-state index in [0.717, 1.165) is 23.2 Å². The fraction of sp³-hybridized carbons (Fsp3) is 0.194. The number of nitrogens with zero attached hydrogens (tertiary/aromatic N) is 2. The first-order valence-electron chi connectivity index (χ1n) is 27.6. The summed E-state index contributed by atoms with van der Waals surface area (Å²) < 4.78 is 0. The van der Waals surface area contributed by atoms with Gasteiger partial charge in [-0.05, 0) is 201 Å². The number of hydrogen-bond donors (Lipinski definition) is 0. The third-order valence-electron chi connectivity index (χ3n) is 18.3. The average molecular weight is 953 g/mol. The standard InChI is InChI=1S/C72H60N2/c1-4-16-49(17-5-1)50-30-34-58(35-31-50)74(71-45-54-21-11-10-20-53(54)44-66(71)51-18-6-2-7-19-51)60-39-41-64-62-25-13-15-27-68(62)72(70(64)47-60)67-26-14-12-24-61(67)63-40-38-59(46-69(63)72)73(56-22-8-3-9-23-56)57-36-32-52(33-37-57)65-43-48-28-29-55(65)42-48/h2-3,6-15,18-27,30-41,44-49,55,65H,1,4-5,16-17,28-29,42-43H2. The van der Waals surface area contributed by atoms with E-state index in [0.29, 0.717) is 11.8 Å². The summed E-state index contributed by atoms with van der Waals surface area (Å²) in [6, 6.07) is 88.3. The van der Waals surface area contributed by atoms with Crippen molar-refractivity contribution < 1.29 is 0 Å². The van der Waals surface area contributed by atoms with Crippen LogP contribution in [-0.2, 0) is 5.41 Å². The molecule has 0 N–H and O–H groups in total. The van der Waals surface area contributed by atoms with E-state index >= 15 is 0 Å². The van der Waals surface area contributed by atoms with Gasteiger partial charge in [-0.15, -0.1) is 0 Å². The van der Waals surface area contributed by atoms with Crippen LogP contribution in [0.5, 0.6) is 0 Å². The first-order valence-corrected chi connectivity index (χ1v) is 27.6. The predicted molar refractivity (Wildman–Crippen MR) is 309 cm³/mol. The van der Waals surface area contributed by atoms with Gasteiger partial charge >= 0.3 is 0 Å². The normalized spacial score (nSPS) is 20.1. The summed E-state index contributed by atoms with van der Waals surface area (Å²) in [6.07, 6.45) is 12.1. The highest BCUT2D eigenvalue weighted by Gasteiger charge is 2.52. The molecule has 0 radical (unpaired) electrons. The van der Waals surface area contributed by atoms with Gasteiger partial charge in [0, 0.05) is 34.0 Å². The number of para-hydroxylation sites is 1. The largest absolute Gasteiger partial charge is 0.310 e. The molecule has 0 aliphatic heterocycles. The summed E-state index contributed by atoms with van der Waals surface area (Å²) >= 11 is 0. The second-order valence-electron chi connectivity index (χ2n) is 22.2. The van der Waals surface area contributed by atoms with Crippen molar-refractivity contribution in [1.29, 1.82) is 0 Å². The van der Waals surface area contributed by atoms with Crippen molar-refractivity contribution >= 4 is 44.9 Å². The lowest BCUT2D eigenvalue weighted by molar-refractivity contribution is 0.420. The molecule has 0 amide bonds. The number of rotatable bonds is 9. The Morgan fingerprint density at radius 2 is 0.851 bits per heavy atom. The van der Waals surface area contributed by atoms with Crippen molar-refractivity contribution in [1.82, 2.24) is 0 Å². The Labute approximate surface area is 436 Å². The van der Waals surface area contributed by atoms with Crippen molar-refractivity contribution in [2.45, 2.75) is 75.0 Å². The zero-order chi connectivity index (χ0) is 48.7. The highest BCUT2D eigenvalue weighted by molar-refractivity contribution is 6.01. The van der Waals surface area contributed by atoms with E-state index in [1.54, 1.807) is 0 Å². The van der Waals surface area contributed by atoms with Crippen LogP contribution in [0.1, 0.15) is 103 Å². The van der Waals surface area contributed by atoms with E-state index < -0.39 is 5.41 Å². The molecule has 74 heavy (non-hydrogen) atoms. The minimum absolute atomic E-state index is 0.569. The Hall–Kier alpha value is -7.94. The molecule has 2 heteroatoms. The van der Waals surface area contributed by atoms with E-state index in [-0.39, 0.29) is 0 Å². The van der Waals surface area contributed by atoms with Crippen LogP contribution in [0.15, 0.2) is 231 Å². The fourth-order valence-electron chi connectivity index (χ4n) is 15.0. The zero-order valence-corrected chi connectivity index (χ0v) is 42.0. The molecule has 10 aromatic carbocycles. The van der Waals surface area contributed by atoms with E-state index in [2.05, 4.69) is 240 Å². The highest BCUT2D eigenvalue weighted by Crippen LogP contribution is 2.64. The minimum atomic E-state index is -0.569. The summed E-state index contributed by atoms with van der Waals surface area (Å²) in [5, 5.41) is 2.47. The van der Waals surface area contributed by atoms with Gasteiger partial charge in [-0.3, -0.25) is 0 Å². The molecule has 358 valence electrons. The summed E-state index contributed by atoms with van der Waals surface area (Å²) in [5.74, 6) is 3.09. The minimum Gasteiger partial charge on any atom is -0.310 e. The van der Waals surface area contributed by atoms with Crippen LogP contribution in [0, 0.1) is 11.8 Å². The number of hydrogen-bond acceptors (Lipinski definition) is 2. The second-order valence-corrected chi connectivity index (χ2v) is 22.2. The van der Waals surface area contributed by atoms with Crippen LogP contribution < -0.4 is 9.80 Å². The summed E-state index contributed by atoms with van der Waals surface area (Å²) in [7, 11) is 0. The Morgan fingerprint density at radius 1 is 0.338 bits per heavy atom. The van der Waals surface area contributed by atoms with Crippen molar-refractivity contribution in [3.63, 3.8) is 0 Å².